The lowest BCUT2D eigenvalue weighted by atomic mass is 9.92. The summed E-state index contributed by atoms with van der Waals surface area (Å²) in [5.74, 6) is 0. The van der Waals surface area contributed by atoms with Gasteiger partial charge >= 0.3 is 0 Å². The molecule has 0 aliphatic rings. The van der Waals surface area contributed by atoms with Crippen LogP contribution < -0.4 is 0 Å². The lowest BCUT2D eigenvalue weighted by Gasteiger charge is -2.14. The molecule has 2 aromatic heterocycles. The molecule has 0 radical (unpaired) electrons. The van der Waals surface area contributed by atoms with Gasteiger partial charge in [-0.05, 0) is 98.9 Å². The Bertz CT molecular complexity index is 3020. The summed E-state index contributed by atoms with van der Waals surface area (Å²) in [5, 5.41) is 11.4. The lowest BCUT2D eigenvalue weighted by molar-refractivity contribution is 1.12. The zero-order chi connectivity index (χ0) is 34.1. The Morgan fingerprint density at radius 2 is 1.00 bits per heavy atom. The molecule has 10 aromatic rings. The van der Waals surface area contributed by atoms with E-state index in [0.29, 0.717) is 0 Å². The van der Waals surface area contributed by atoms with Gasteiger partial charge in [0.25, 0.3) is 0 Å². The summed E-state index contributed by atoms with van der Waals surface area (Å²) in [6.45, 7) is 6.29. The number of nitrogens with zero attached hydrogens (tertiary/aromatic N) is 2. The highest BCUT2D eigenvalue weighted by atomic mass is 15.0. The van der Waals surface area contributed by atoms with Gasteiger partial charge in [0.15, 0.2) is 0 Å². The van der Waals surface area contributed by atoms with E-state index in [9.17, 15) is 0 Å². The third-order valence-electron chi connectivity index (χ3n) is 10.6. The number of hydrogen-bond donors (Lipinski definition) is 0. The van der Waals surface area contributed by atoms with E-state index in [1.54, 1.807) is 0 Å². The van der Waals surface area contributed by atoms with Crippen molar-refractivity contribution in [3.8, 4) is 22.5 Å². The summed E-state index contributed by atoms with van der Waals surface area (Å²) in [6, 6.07) is 57.7. The first kappa shape index (κ1) is 29.3. The molecule has 0 saturated carbocycles. The molecule has 2 heteroatoms. The molecular weight excluding hydrogens is 617 g/mol. The second-order valence-corrected chi connectivity index (χ2v) is 13.3. The van der Waals surface area contributed by atoms with E-state index in [1.807, 2.05) is 6.08 Å². The predicted octanol–water partition coefficient (Wildman–Crippen LogP) is 13.5. The van der Waals surface area contributed by atoms with Crippen LogP contribution in [0.4, 0.5) is 0 Å². The Labute approximate surface area is 296 Å². The average Bonchev–Trinajstić information content (AvgIpc) is 3.70. The molecule has 2 heterocycles. The van der Waals surface area contributed by atoms with Crippen molar-refractivity contribution in [3.05, 3.63) is 182 Å². The SMILES string of the molecule is C=Cc1c(/C=C\C)n(-c2cccc3c2c2ccccc2n3-c2cccc(-c3ccc4c5ccccc5c5ccccc5c4c3)c2)c2ccccc12. The van der Waals surface area contributed by atoms with E-state index in [4.69, 9.17) is 0 Å². The van der Waals surface area contributed by atoms with Crippen molar-refractivity contribution in [2.45, 2.75) is 6.92 Å². The second kappa shape index (κ2) is 11.5. The number of para-hydroxylation sites is 2. The van der Waals surface area contributed by atoms with Crippen LogP contribution in [0, 0.1) is 0 Å². The van der Waals surface area contributed by atoms with Crippen molar-refractivity contribution in [1.82, 2.24) is 9.13 Å². The van der Waals surface area contributed by atoms with Crippen molar-refractivity contribution in [3.63, 3.8) is 0 Å². The van der Waals surface area contributed by atoms with E-state index < -0.39 is 0 Å². The van der Waals surface area contributed by atoms with Crippen LogP contribution in [0.5, 0.6) is 0 Å². The lowest BCUT2D eigenvalue weighted by Crippen LogP contribution is -1.99. The van der Waals surface area contributed by atoms with Gasteiger partial charge in [0.2, 0.25) is 0 Å². The second-order valence-electron chi connectivity index (χ2n) is 13.3. The van der Waals surface area contributed by atoms with Gasteiger partial charge in [-0.25, -0.2) is 0 Å². The fourth-order valence-corrected chi connectivity index (χ4v) is 8.46. The number of hydrogen-bond acceptors (Lipinski definition) is 0. The van der Waals surface area contributed by atoms with E-state index in [-0.39, 0.29) is 0 Å². The van der Waals surface area contributed by atoms with Gasteiger partial charge in [-0.15, -0.1) is 0 Å². The summed E-state index contributed by atoms with van der Waals surface area (Å²) < 4.78 is 4.84. The highest BCUT2D eigenvalue weighted by Crippen LogP contribution is 2.41. The molecule has 2 nitrogen and oxygen atoms in total. The van der Waals surface area contributed by atoms with Crippen molar-refractivity contribution in [1.29, 1.82) is 0 Å². The maximum atomic E-state index is 4.21. The highest BCUT2D eigenvalue weighted by molar-refractivity contribution is 6.25. The van der Waals surface area contributed by atoms with Crippen LogP contribution in [0.25, 0.3) is 99.7 Å². The van der Waals surface area contributed by atoms with Crippen LogP contribution in [-0.2, 0) is 0 Å². The third-order valence-corrected chi connectivity index (χ3v) is 10.6. The van der Waals surface area contributed by atoms with Gasteiger partial charge in [0.05, 0.1) is 27.9 Å². The molecule has 0 aliphatic carbocycles. The monoisotopic (exact) mass is 650 g/mol. The Balaban J connectivity index is 1.21. The largest absolute Gasteiger partial charge is 0.309 e. The molecular formula is C49H34N2. The first-order valence-corrected chi connectivity index (χ1v) is 17.6. The van der Waals surface area contributed by atoms with E-state index in [1.165, 1.54) is 76.2 Å². The van der Waals surface area contributed by atoms with Gasteiger partial charge in [-0.3, -0.25) is 0 Å². The number of fused-ring (bicyclic) bond motifs is 10. The molecule has 8 aromatic carbocycles. The van der Waals surface area contributed by atoms with Gasteiger partial charge in [-0.2, -0.15) is 0 Å². The van der Waals surface area contributed by atoms with Crippen LogP contribution in [0.1, 0.15) is 18.2 Å². The molecule has 0 unspecified atom stereocenters. The summed E-state index contributed by atoms with van der Waals surface area (Å²) in [7, 11) is 0. The molecule has 240 valence electrons. The summed E-state index contributed by atoms with van der Waals surface area (Å²) in [5.41, 5.74) is 10.5. The first-order valence-electron chi connectivity index (χ1n) is 17.6. The maximum absolute atomic E-state index is 4.21. The van der Waals surface area contributed by atoms with Gasteiger partial charge in [-0.1, -0.05) is 134 Å². The maximum Gasteiger partial charge on any atom is 0.0562 e. The third kappa shape index (κ3) is 4.30. The van der Waals surface area contributed by atoms with Crippen LogP contribution >= 0.6 is 0 Å². The summed E-state index contributed by atoms with van der Waals surface area (Å²) in [6.07, 6.45) is 6.31. The van der Waals surface area contributed by atoms with Gasteiger partial charge < -0.3 is 9.13 Å². The molecule has 0 atom stereocenters. The Kier molecular flexibility index (Phi) is 6.59. The average molecular weight is 651 g/mol. The molecule has 0 spiro atoms. The van der Waals surface area contributed by atoms with Crippen LogP contribution in [0.3, 0.4) is 0 Å². The van der Waals surface area contributed by atoms with Crippen molar-refractivity contribution in [2.24, 2.45) is 0 Å². The standard InChI is InChI=1S/C49H34N2/c1-3-15-44-35(4-2)41-22-9-11-24-45(41)51(44)48-27-14-26-47-49(48)42-23-10-12-25-46(42)50(47)34-17-13-16-32(30-34)33-28-29-40-38-20-6-5-18-36(38)37-19-7-8-21-39(37)43(40)31-33/h3-31H,2H2,1H3/b15-3-. The molecule has 51 heavy (non-hydrogen) atoms. The molecule has 0 bridgehead atoms. The molecule has 0 N–H and O–H groups in total. The highest BCUT2D eigenvalue weighted by Gasteiger charge is 2.21. The van der Waals surface area contributed by atoms with Crippen molar-refractivity contribution < 1.29 is 0 Å². The van der Waals surface area contributed by atoms with Crippen molar-refractivity contribution in [2.75, 3.05) is 0 Å². The molecule has 0 aliphatic heterocycles. The number of rotatable bonds is 5. The number of benzene rings is 8. The van der Waals surface area contributed by atoms with E-state index in [2.05, 4.69) is 193 Å². The normalized spacial score (nSPS) is 12.0. The molecule has 0 fully saturated rings. The zero-order valence-electron chi connectivity index (χ0n) is 28.3. The zero-order valence-corrected chi connectivity index (χ0v) is 28.3. The predicted molar refractivity (Wildman–Crippen MR) is 220 cm³/mol. The van der Waals surface area contributed by atoms with Crippen LogP contribution in [0.15, 0.2) is 170 Å². The minimum Gasteiger partial charge on any atom is -0.309 e. The number of aromatic nitrogens is 2. The van der Waals surface area contributed by atoms with Crippen LogP contribution in [-0.4, -0.2) is 9.13 Å². The minimum absolute atomic E-state index is 1.14. The number of allylic oxidation sites excluding steroid dienone is 1. The quantitative estimate of drug-likeness (QED) is 0.164. The Morgan fingerprint density at radius 1 is 0.451 bits per heavy atom. The van der Waals surface area contributed by atoms with E-state index >= 15 is 0 Å². The van der Waals surface area contributed by atoms with Crippen molar-refractivity contribution >= 4 is 77.2 Å². The minimum atomic E-state index is 1.14. The Morgan fingerprint density at radius 3 is 1.69 bits per heavy atom. The van der Waals surface area contributed by atoms with Gasteiger partial charge in [0.1, 0.15) is 0 Å². The first-order chi connectivity index (χ1) is 25.2. The molecule has 0 amide bonds. The fraction of sp³-hybridized carbons (Fsp3) is 0.0204. The molecule has 0 saturated heterocycles. The fourth-order valence-electron chi connectivity index (χ4n) is 8.46. The Hall–Kier alpha value is -6.64. The smallest absolute Gasteiger partial charge is 0.0562 e. The van der Waals surface area contributed by atoms with E-state index in [0.717, 1.165) is 22.6 Å². The van der Waals surface area contributed by atoms with Crippen LogP contribution in [0.2, 0.25) is 0 Å². The summed E-state index contributed by atoms with van der Waals surface area (Å²) >= 11 is 0. The molecule has 10 rings (SSSR count). The van der Waals surface area contributed by atoms with Gasteiger partial charge in [0, 0.05) is 27.4 Å². The summed E-state index contributed by atoms with van der Waals surface area (Å²) in [4.78, 5) is 0. The topological polar surface area (TPSA) is 9.86 Å².